The lowest BCUT2D eigenvalue weighted by atomic mass is 9.98. The van der Waals surface area contributed by atoms with Gasteiger partial charge < -0.3 is 29.8 Å². The largest absolute Gasteiger partial charge is 0.487 e. The van der Waals surface area contributed by atoms with Gasteiger partial charge in [-0.05, 0) is 74.1 Å². The summed E-state index contributed by atoms with van der Waals surface area (Å²) in [6.07, 6.45) is 6.19. The Bertz CT molecular complexity index is 2900. The molecule has 338 valence electrons. The van der Waals surface area contributed by atoms with Crippen LogP contribution in [-0.2, 0) is 29.3 Å². The quantitative estimate of drug-likeness (QED) is 0.0422. The Morgan fingerprint density at radius 3 is 2.52 bits per heavy atom. The van der Waals surface area contributed by atoms with Gasteiger partial charge >= 0.3 is 0 Å². The molecule has 0 radical (unpaired) electrons. The zero-order valence-corrected chi connectivity index (χ0v) is 35.8. The highest BCUT2D eigenvalue weighted by Crippen LogP contribution is 2.39. The van der Waals surface area contributed by atoms with E-state index >= 15 is 8.78 Å². The van der Waals surface area contributed by atoms with Gasteiger partial charge in [0.15, 0.2) is 0 Å². The number of hydrogen-bond acceptors (Lipinski definition) is 12. The summed E-state index contributed by atoms with van der Waals surface area (Å²) >= 11 is -0.398. The minimum Gasteiger partial charge on any atom is -0.487 e. The zero-order valence-electron chi connectivity index (χ0n) is 34.9. The van der Waals surface area contributed by atoms with Crippen molar-refractivity contribution in [2.24, 2.45) is 0 Å². The van der Waals surface area contributed by atoms with E-state index in [2.05, 4.69) is 36.6 Å². The third-order valence-electron chi connectivity index (χ3n) is 11.5. The fraction of sp³-hybridized carbons (Fsp3) is 0.261. The molecule has 1 aliphatic carbocycles. The molecule has 5 amide bonds. The lowest BCUT2D eigenvalue weighted by molar-refractivity contribution is -0.136. The highest BCUT2D eigenvalue weighted by Gasteiger charge is 2.41. The molecule has 2 aliphatic heterocycles. The number of piperidine rings is 1. The third-order valence-corrected chi connectivity index (χ3v) is 11.7. The topological polar surface area (TPSA) is 199 Å². The molecule has 1 unspecified atom stereocenters. The van der Waals surface area contributed by atoms with Crippen molar-refractivity contribution in [1.29, 1.82) is 0 Å². The monoisotopic (exact) mass is 919 g/mol. The molecule has 9 rings (SSSR count). The number of para-hydroxylation sites is 1. The Balaban J connectivity index is 0.799. The number of pyridine rings is 1. The number of ether oxygens (including phenoxy) is 1. The number of hydrogen-bond donors (Lipinski definition) is 4. The fourth-order valence-corrected chi connectivity index (χ4v) is 8.11. The lowest BCUT2D eigenvalue weighted by Crippen LogP contribution is -2.52. The van der Waals surface area contributed by atoms with E-state index in [1.807, 2.05) is 30.3 Å². The number of aryl methyl sites for hydroxylation is 1. The maximum Gasteiger partial charge on any atom is 0.272 e. The normalized spacial score (nSPS) is 15.7. The minimum atomic E-state index is -0.855. The van der Waals surface area contributed by atoms with Crippen molar-refractivity contribution in [3.8, 4) is 22.6 Å². The molecule has 2 aromatic heterocycles. The Morgan fingerprint density at radius 1 is 0.909 bits per heavy atom. The van der Waals surface area contributed by atoms with Crippen molar-refractivity contribution in [2.75, 3.05) is 11.9 Å². The first kappa shape index (κ1) is 43.8. The van der Waals surface area contributed by atoms with Crippen LogP contribution in [0.2, 0.25) is 0 Å². The average molecular weight is 920 g/mol. The van der Waals surface area contributed by atoms with Crippen molar-refractivity contribution in [1.82, 2.24) is 40.8 Å². The van der Waals surface area contributed by atoms with Crippen LogP contribution in [-0.4, -0.2) is 73.0 Å². The van der Waals surface area contributed by atoms with Gasteiger partial charge in [-0.3, -0.25) is 39.0 Å². The number of aromatic nitrogens is 4. The van der Waals surface area contributed by atoms with E-state index in [0.717, 1.165) is 18.9 Å². The van der Waals surface area contributed by atoms with Crippen LogP contribution in [0.1, 0.15) is 80.9 Å². The van der Waals surface area contributed by atoms with Gasteiger partial charge in [-0.1, -0.05) is 29.5 Å². The first-order valence-electron chi connectivity index (χ1n) is 21.1. The Labute approximate surface area is 379 Å². The summed E-state index contributed by atoms with van der Waals surface area (Å²) in [6, 6.07) is 17.9. The Hall–Kier alpha value is -7.48. The summed E-state index contributed by atoms with van der Waals surface area (Å²) in [4.78, 5) is 69.6. The number of imide groups is 1. The molecule has 3 aliphatic rings. The molecular formula is C46H40F3N9O7S. The summed E-state index contributed by atoms with van der Waals surface area (Å²) < 4.78 is 56.8. The molecule has 20 heteroatoms. The molecule has 1 saturated carbocycles. The maximum atomic E-state index is 15.6. The van der Waals surface area contributed by atoms with Gasteiger partial charge in [-0.25, -0.2) is 8.78 Å². The molecule has 0 spiro atoms. The first-order valence-corrected chi connectivity index (χ1v) is 21.8. The number of fused-ring (bicyclic) bond motifs is 2. The highest BCUT2D eigenvalue weighted by atomic mass is 32.2. The molecule has 0 bridgehead atoms. The van der Waals surface area contributed by atoms with E-state index in [1.54, 1.807) is 10.9 Å². The third kappa shape index (κ3) is 9.49. The molecule has 1 saturated heterocycles. The van der Waals surface area contributed by atoms with E-state index in [1.165, 1.54) is 47.5 Å². The van der Waals surface area contributed by atoms with Crippen LogP contribution in [0.15, 0.2) is 85.2 Å². The highest BCUT2D eigenvalue weighted by molar-refractivity contribution is 7.89. The van der Waals surface area contributed by atoms with E-state index in [4.69, 9.17) is 8.92 Å². The van der Waals surface area contributed by atoms with Crippen LogP contribution in [0, 0.1) is 11.6 Å². The van der Waals surface area contributed by atoms with Gasteiger partial charge in [0.1, 0.15) is 41.5 Å². The molecule has 6 aromatic rings. The summed E-state index contributed by atoms with van der Waals surface area (Å²) in [6.45, 7) is 0.612. The molecular weight excluding hydrogens is 880 g/mol. The molecule has 16 nitrogen and oxygen atoms in total. The van der Waals surface area contributed by atoms with Gasteiger partial charge in [0.2, 0.25) is 11.8 Å². The zero-order chi connectivity index (χ0) is 45.9. The van der Waals surface area contributed by atoms with E-state index in [0.29, 0.717) is 52.9 Å². The number of halogens is 3. The molecule has 66 heavy (non-hydrogen) atoms. The van der Waals surface area contributed by atoms with Crippen molar-refractivity contribution >= 4 is 64.2 Å². The van der Waals surface area contributed by atoms with E-state index in [-0.39, 0.29) is 83.8 Å². The second-order valence-corrected chi connectivity index (χ2v) is 16.3. The lowest BCUT2D eigenvalue weighted by Gasteiger charge is -2.29. The molecule has 2 fully saturated rings. The summed E-state index contributed by atoms with van der Waals surface area (Å²) in [5, 5.41) is 20.0. The molecule has 1 atom stereocenters. The molecule has 4 aromatic carbocycles. The SMILES string of the molecule is O=C1CCC(N2Cc3c(OCc4cn(CCCCNC(=O)c5ccc(-c6cc7c(Nc8ccccc8)c(C(=O)NC8CC8)cnc7cc6F)cc5F)nn4)cc(OSF)cc3C2=O)C(=O)N1. The van der Waals surface area contributed by atoms with Crippen molar-refractivity contribution in [3.05, 3.63) is 125 Å². The Kier molecular flexibility index (Phi) is 12.6. The number of amides is 5. The predicted molar refractivity (Wildman–Crippen MR) is 235 cm³/mol. The number of rotatable bonds is 17. The van der Waals surface area contributed by atoms with Gasteiger partial charge in [-0.2, -0.15) is 0 Å². The van der Waals surface area contributed by atoms with Crippen LogP contribution in [0.4, 0.5) is 24.0 Å². The number of unbranched alkanes of at least 4 members (excludes halogenated alkanes) is 1. The van der Waals surface area contributed by atoms with Crippen LogP contribution in [0.3, 0.4) is 0 Å². The number of benzene rings is 4. The first-order chi connectivity index (χ1) is 32.0. The van der Waals surface area contributed by atoms with Gasteiger partial charge in [0, 0.05) is 66.1 Å². The van der Waals surface area contributed by atoms with E-state index in [9.17, 15) is 27.9 Å². The van der Waals surface area contributed by atoms with Crippen molar-refractivity contribution in [2.45, 2.75) is 70.3 Å². The standard InChI is InChI=1S/C46H40F3N9O7S/c47-36-16-25(31-19-33-38(20-37(31)48)51-21-34(44(61)53-27-9-10-27)42(33)52-26-6-2-1-3-7-26)8-11-30(36)43(60)50-14-4-5-15-57-22-28(55-56-57)24-64-40-18-29(65-66-49)17-32-35(40)23-58(46(32)63)39-12-13-41(59)54-45(39)62/h1-3,6-8,11,16-22,27,39H,4-5,9-10,12-15,23-24H2,(H,50,60)(H,51,52)(H,53,61)(H,54,59,62). The van der Waals surface area contributed by atoms with Crippen LogP contribution in [0.5, 0.6) is 11.5 Å². The number of nitrogens with zero attached hydrogens (tertiary/aromatic N) is 5. The summed E-state index contributed by atoms with van der Waals surface area (Å²) in [5.41, 5.74) is 2.83. The summed E-state index contributed by atoms with van der Waals surface area (Å²) in [7, 11) is 0. The number of carbonyl (C=O) groups is 5. The maximum absolute atomic E-state index is 15.6. The number of nitrogens with one attached hydrogen (secondary N) is 4. The van der Waals surface area contributed by atoms with Gasteiger partial charge in [-0.15, -0.1) is 8.98 Å². The van der Waals surface area contributed by atoms with Crippen LogP contribution >= 0.6 is 12.4 Å². The Morgan fingerprint density at radius 2 is 1.74 bits per heavy atom. The molecule has 4 heterocycles. The number of anilines is 2. The predicted octanol–water partition coefficient (Wildman–Crippen LogP) is 6.87. The van der Waals surface area contributed by atoms with E-state index < -0.39 is 53.7 Å². The van der Waals surface area contributed by atoms with Crippen molar-refractivity contribution in [3.63, 3.8) is 0 Å². The minimum absolute atomic E-state index is 0.0250. The second-order valence-electron chi connectivity index (χ2n) is 16.0. The van der Waals surface area contributed by atoms with Gasteiger partial charge in [0.25, 0.3) is 30.2 Å². The smallest absolute Gasteiger partial charge is 0.272 e. The van der Waals surface area contributed by atoms with Crippen LogP contribution in [0.25, 0.3) is 22.0 Å². The summed E-state index contributed by atoms with van der Waals surface area (Å²) in [5.74, 6) is -3.66. The van der Waals surface area contributed by atoms with Gasteiger partial charge in [0.05, 0.1) is 40.6 Å². The average Bonchev–Trinajstić information content (AvgIpc) is 3.90. The van der Waals surface area contributed by atoms with Crippen molar-refractivity contribution < 1.29 is 45.6 Å². The second kappa shape index (κ2) is 18.9. The molecule has 4 N–H and O–H groups in total. The fourth-order valence-electron chi connectivity index (χ4n) is 7.94. The number of carbonyl (C=O) groups excluding carboxylic acids is 5. The van der Waals surface area contributed by atoms with Crippen LogP contribution < -0.4 is 30.2 Å².